The van der Waals surface area contributed by atoms with Gasteiger partial charge >= 0.3 is 0 Å². The monoisotopic (exact) mass is 376 g/mol. The molecule has 1 aromatic rings. The number of piperidine rings is 1. The smallest absolute Gasteiger partial charge is 0.241 e. The van der Waals surface area contributed by atoms with Crippen LogP contribution in [-0.4, -0.2) is 67.7 Å². The molecular weight excluding hydrogens is 347 g/mol. The zero-order chi connectivity index (χ0) is 18.6. The second-order valence-corrected chi connectivity index (χ2v) is 7.83. The van der Waals surface area contributed by atoms with E-state index in [1.807, 2.05) is 11.0 Å². The maximum absolute atomic E-state index is 14.0. The van der Waals surface area contributed by atoms with Crippen molar-refractivity contribution in [3.63, 3.8) is 0 Å². The Morgan fingerprint density at radius 3 is 2.59 bits per heavy atom. The zero-order valence-electron chi connectivity index (χ0n) is 15.7. The SMILES string of the molecule is O=C(C1CC(c2ccccc2F)NN1)N1CCC(CN2CCOCC2)CC1. The summed E-state index contributed by atoms with van der Waals surface area (Å²) in [6, 6.07) is 6.30. The Bertz CT molecular complexity index is 645. The fourth-order valence-electron chi connectivity index (χ4n) is 4.38. The zero-order valence-corrected chi connectivity index (χ0v) is 15.7. The lowest BCUT2D eigenvalue weighted by Crippen LogP contribution is -2.49. The normalized spacial score (nSPS) is 27.8. The summed E-state index contributed by atoms with van der Waals surface area (Å²) < 4.78 is 19.4. The van der Waals surface area contributed by atoms with E-state index in [9.17, 15) is 9.18 Å². The van der Waals surface area contributed by atoms with Crippen molar-refractivity contribution in [2.75, 3.05) is 45.9 Å². The van der Waals surface area contributed by atoms with Crippen molar-refractivity contribution in [1.29, 1.82) is 0 Å². The first-order valence-electron chi connectivity index (χ1n) is 10.0. The molecule has 1 aromatic carbocycles. The number of carbonyl (C=O) groups is 1. The molecule has 4 rings (SSSR count). The van der Waals surface area contributed by atoms with E-state index in [1.54, 1.807) is 12.1 Å². The number of ether oxygens (including phenoxy) is 1. The number of rotatable bonds is 4. The number of benzene rings is 1. The van der Waals surface area contributed by atoms with E-state index >= 15 is 0 Å². The van der Waals surface area contributed by atoms with Crippen molar-refractivity contribution in [3.05, 3.63) is 35.6 Å². The second-order valence-electron chi connectivity index (χ2n) is 7.83. The summed E-state index contributed by atoms with van der Waals surface area (Å²) in [6.45, 7) is 6.46. The third kappa shape index (κ3) is 4.48. The van der Waals surface area contributed by atoms with E-state index in [-0.39, 0.29) is 23.8 Å². The number of nitrogens with one attached hydrogen (secondary N) is 2. The van der Waals surface area contributed by atoms with Gasteiger partial charge in [-0.25, -0.2) is 15.2 Å². The third-order valence-electron chi connectivity index (χ3n) is 6.03. The quantitative estimate of drug-likeness (QED) is 0.830. The number of likely N-dealkylation sites (tertiary alicyclic amines) is 1. The summed E-state index contributed by atoms with van der Waals surface area (Å²) in [5, 5.41) is 0. The van der Waals surface area contributed by atoms with E-state index in [2.05, 4.69) is 15.8 Å². The van der Waals surface area contributed by atoms with Crippen LogP contribution in [0.4, 0.5) is 4.39 Å². The fourth-order valence-corrected chi connectivity index (χ4v) is 4.38. The van der Waals surface area contributed by atoms with Crippen molar-refractivity contribution < 1.29 is 13.9 Å². The molecule has 7 heteroatoms. The molecule has 3 fully saturated rings. The molecule has 0 radical (unpaired) electrons. The van der Waals surface area contributed by atoms with Gasteiger partial charge in [0.25, 0.3) is 0 Å². The highest BCUT2D eigenvalue weighted by atomic mass is 19.1. The highest BCUT2D eigenvalue weighted by Crippen LogP contribution is 2.26. The molecule has 0 bridgehead atoms. The van der Waals surface area contributed by atoms with E-state index in [0.29, 0.717) is 17.9 Å². The molecule has 3 aliphatic rings. The highest BCUT2D eigenvalue weighted by Gasteiger charge is 2.35. The molecule has 2 atom stereocenters. The Morgan fingerprint density at radius 1 is 1.11 bits per heavy atom. The summed E-state index contributed by atoms with van der Waals surface area (Å²) >= 11 is 0. The van der Waals surface area contributed by atoms with Crippen LogP contribution in [0, 0.1) is 11.7 Å². The van der Waals surface area contributed by atoms with Gasteiger partial charge in [-0.05, 0) is 31.2 Å². The highest BCUT2D eigenvalue weighted by molar-refractivity contribution is 5.82. The van der Waals surface area contributed by atoms with E-state index in [1.165, 1.54) is 6.07 Å². The summed E-state index contributed by atoms with van der Waals surface area (Å²) in [5.74, 6) is 0.563. The summed E-state index contributed by atoms with van der Waals surface area (Å²) in [5.41, 5.74) is 6.78. The number of hydrazine groups is 1. The average molecular weight is 376 g/mol. The van der Waals surface area contributed by atoms with E-state index < -0.39 is 0 Å². The summed E-state index contributed by atoms with van der Waals surface area (Å²) in [7, 11) is 0. The molecule has 3 heterocycles. The van der Waals surface area contributed by atoms with Gasteiger partial charge in [0.1, 0.15) is 11.9 Å². The maximum Gasteiger partial charge on any atom is 0.241 e. The minimum absolute atomic E-state index is 0.131. The van der Waals surface area contributed by atoms with Crippen LogP contribution in [0.5, 0.6) is 0 Å². The topological polar surface area (TPSA) is 56.8 Å². The summed E-state index contributed by atoms with van der Waals surface area (Å²) in [6.07, 6.45) is 2.69. The number of carbonyl (C=O) groups excluding carboxylic acids is 1. The first kappa shape index (κ1) is 18.8. The van der Waals surface area contributed by atoms with Crippen molar-refractivity contribution >= 4 is 5.91 Å². The van der Waals surface area contributed by atoms with Gasteiger partial charge in [-0.15, -0.1) is 0 Å². The van der Waals surface area contributed by atoms with Gasteiger partial charge in [0.15, 0.2) is 0 Å². The van der Waals surface area contributed by atoms with Crippen LogP contribution in [0.2, 0.25) is 0 Å². The Hall–Kier alpha value is -1.54. The van der Waals surface area contributed by atoms with Crippen molar-refractivity contribution in [3.8, 4) is 0 Å². The first-order chi connectivity index (χ1) is 13.2. The van der Waals surface area contributed by atoms with Crippen molar-refractivity contribution in [2.24, 2.45) is 5.92 Å². The number of halogens is 1. The van der Waals surface area contributed by atoms with Crippen LogP contribution < -0.4 is 10.9 Å². The molecule has 0 spiro atoms. The van der Waals surface area contributed by atoms with Gasteiger partial charge in [-0.2, -0.15) is 0 Å². The van der Waals surface area contributed by atoms with Gasteiger partial charge in [0.2, 0.25) is 5.91 Å². The van der Waals surface area contributed by atoms with Crippen LogP contribution in [0.25, 0.3) is 0 Å². The largest absolute Gasteiger partial charge is 0.379 e. The molecule has 2 N–H and O–H groups in total. The molecule has 6 nitrogen and oxygen atoms in total. The maximum atomic E-state index is 14.0. The number of hydrogen-bond donors (Lipinski definition) is 2. The second kappa shape index (κ2) is 8.65. The molecular formula is C20H29FN4O2. The van der Waals surface area contributed by atoms with Crippen LogP contribution in [0.15, 0.2) is 24.3 Å². The third-order valence-corrected chi connectivity index (χ3v) is 6.03. The summed E-state index contributed by atoms with van der Waals surface area (Å²) in [4.78, 5) is 17.3. The number of nitrogens with zero attached hydrogens (tertiary/aromatic N) is 2. The van der Waals surface area contributed by atoms with E-state index in [0.717, 1.165) is 58.8 Å². The Kier molecular flexibility index (Phi) is 6.02. The van der Waals surface area contributed by atoms with Gasteiger partial charge in [-0.3, -0.25) is 9.69 Å². The van der Waals surface area contributed by atoms with Crippen molar-refractivity contribution in [2.45, 2.75) is 31.3 Å². The molecule has 1 amide bonds. The van der Waals surface area contributed by atoms with Crippen LogP contribution in [-0.2, 0) is 9.53 Å². The first-order valence-corrected chi connectivity index (χ1v) is 10.0. The van der Waals surface area contributed by atoms with Gasteiger partial charge in [0, 0.05) is 38.3 Å². The predicted molar refractivity (Wildman–Crippen MR) is 100 cm³/mol. The van der Waals surface area contributed by atoms with E-state index in [4.69, 9.17) is 4.74 Å². The van der Waals surface area contributed by atoms with Gasteiger partial charge < -0.3 is 9.64 Å². The van der Waals surface area contributed by atoms with Crippen LogP contribution >= 0.6 is 0 Å². The number of morpholine rings is 1. The standard InChI is InChI=1S/C20H29FN4O2/c21-17-4-2-1-3-16(17)18-13-19(23-22-18)20(26)25-7-5-15(6-8-25)14-24-9-11-27-12-10-24/h1-4,15,18-19,22-23H,5-14H2. The van der Waals surface area contributed by atoms with Crippen LogP contribution in [0.3, 0.4) is 0 Å². The molecule has 0 aliphatic carbocycles. The molecule has 0 saturated carbocycles. The van der Waals surface area contributed by atoms with Crippen molar-refractivity contribution in [1.82, 2.24) is 20.7 Å². The number of amides is 1. The lowest BCUT2D eigenvalue weighted by molar-refractivity contribution is -0.134. The Balaban J connectivity index is 1.25. The van der Waals surface area contributed by atoms with Crippen LogP contribution in [0.1, 0.15) is 30.9 Å². The predicted octanol–water partition coefficient (Wildman–Crippen LogP) is 1.30. The minimum atomic E-state index is -0.287. The lowest BCUT2D eigenvalue weighted by Gasteiger charge is -2.36. The molecule has 0 aromatic heterocycles. The fraction of sp³-hybridized carbons (Fsp3) is 0.650. The molecule has 3 saturated heterocycles. The number of hydrogen-bond acceptors (Lipinski definition) is 5. The molecule has 27 heavy (non-hydrogen) atoms. The lowest BCUT2D eigenvalue weighted by atomic mass is 9.95. The molecule has 148 valence electrons. The molecule has 3 aliphatic heterocycles. The van der Waals surface area contributed by atoms with Gasteiger partial charge in [-0.1, -0.05) is 18.2 Å². The molecule has 2 unspecified atom stereocenters. The van der Waals surface area contributed by atoms with Gasteiger partial charge in [0.05, 0.1) is 19.3 Å². The Labute approximate surface area is 160 Å². The average Bonchev–Trinajstić information content (AvgIpc) is 3.19. The Morgan fingerprint density at radius 2 is 1.85 bits per heavy atom. The minimum Gasteiger partial charge on any atom is -0.379 e.